The molecule has 0 spiro atoms. The molecule has 21 heavy (non-hydrogen) atoms. The number of ether oxygens (including phenoxy) is 3. The summed E-state index contributed by atoms with van der Waals surface area (Å²) in [5.41, 5.74) is 0.850. The van der Waals surface area contributed by atoms with Crippen LogP contribution in [0.3, 0.4) is 0 Å². The van der Waals surface area contributed by atoms with Crippen LogP contribution in [0.5, 0.6) is 11.5 Å². The molecule has 7 nitrogen and oxygen atoms in total. The van der Waals surface area contributed by atoms with Gasteiger partial charge in [0.15, 0.2) is 5.69 Å². The normalized spacial score (nSPS) is 9.86. The predicted octanol–water partition coefficient (Wildman–Crippen LogP) is 2.02. The monoisotopic (exact) mass is 289 g/mol. The second-order valence-electron chi connectivity index (χ2n) is 3.97. The summed E-state index contributed by atoms with van der Waals surface area (Å²) in [6, 6.07) is 5.34. The van der Waals surface area contributed by atoms with Crippen molar-refractivity contribution in [3.8, 4) is 11.5 Å². The van der Waals surface area contributed by atoms with Crippen LogP contribution < -0.4 is 14.8 Å². The first-order valence-corrected chi connectivity index (χ1v) is 6.07. The fourth-order valence-corrected chi connectivity index (χ4v) is 1.64. The second-order valence-corrected chi connectivity index (χ2v) is 3.97. The molecular formula is C14H15N3O4. The first-order chi connectivity index (χ1) is 10.2. The highest BCUT2D eigenvalue weighted by Crippen LogP contribution is 2.30. The van der Waals surface area contributed by atoms with Crippen molar-refractivity contribution in [2.75, 3.05) is 26.6 Å². The fraction of sp³-hybridized carbons (Fsp3) is 0.214. The van der Waals surface area contributed by atoms with E-state index in [1.807, 2.05) is 0 Å². The van der Waals surface area contributed by atoms with Gasteiger partial charge in [0.05, 0.1) is 39.4 Å². The maximum Gasteiger partial charge on any atom is 0.358 e. The Morgan fingerprint density at radius 2 is 1.90 bits per heavy atom. The Bertz CT molecular complexity index is 629. The van der Waals surface area contributed by atoms with E-state index in [0.717, 1.165) is 0 Å². The van der Waals surface area contributed by atoms with Crippen molar-refractivity contribution in [2.24, 2.45) is 0 Å². The highest BCUT2D eigenvalue weighted by atomic mass is 16.5. The zero-order chi connectivity index (χ0) is 15.2. The van der Waals surface area contributed by atoms with Gasteiger partial charge in [-0.1, -0.05) is 0 Å². The average molecular weight is 289 g/mol. The summed E-state index contributed by atoms with van der Waals surface area (Å²) >= 11 is 0. The van der Waals surface area contributed by atoms with E-state index in [1.54, 1.807) is 32.4 Å². The number of benzene rings is 1. The molecule has 110 valence electrons. The number of aromatic nitrogens is 2. The molecule has 7 heteroatoms. The van der Waals surface area contributed by atoms with Crippen molar-refractivity contribution < 1.29 is 19.0 Å². The lowest BCUT2D eigenvalue weighted by Gasteiger charge is -2.11. The van der Waals surface area contributed by atoms with Crippen LogP contribution in [0, 0.1) is 0 Å². The van der Waals surface area contributed by atoms with E-state index in [0.29, 0.717) is 23.0 Å². The molecule has 2 rings (SSSR count). The maximum absolute atomic E-state index is 11.3. The second kappa shape index (κ2) is 6.56. The Kier molecular flexibility index (Phi) is 4.55. The highest BCUT2D eigenvalue weighted by molar-refractivity contribution is 5.86. The van der Waals surface area contributed by atoms with E-state index in [1.165, 1.54) is 19.5 Å². The Morgan fingerprint density at radius 3 is 2.48 bits per heavy atom. The number of hydrogen-bond acceptors (Lipinski definition) is 7. The van der Waals surface area contributed by atoms with Crippen molar-refractivity contribution >= 4 is 17.5 Å². The molecule has 0 amide bonds. The van der Waals surface area contributed by atoms with Gasteiger partial charge in [-0.15, -0.1) is 0 Å². The predicted molar refractivity (Wildman–Crippen MR) is 76.2 cm³/mol. The molecule has 0 aliphatic heterocycles. The lowest BCUT2D eigenvalue weighted by atomic mass is 10.2. The summed E-state index contributed by atoms with van der Waals surface area (Å²) in [5, 5.41) is 3.05. The van der Waals surface area contributed by atoms with E-state index < -0.39 is 5.97 Å². The number of carbonyl (C=O) groups is 1. The van der Waals surface area contributed by atoms with Gasteiger partial charge in [-0.3, -0.25) is 0 Å². The van der Waals surface area contributed by atoms with Crippen molar-refractivity contribution in [3.63, 3.8) is 0 Å². The zero-order valence-electron chi connectivity index (χ0n) is 11.9. The molecule has 2 aromatic rings. The lowest BCUT2D eigenvalue weighted by Crippen LogP contribution is -2.06. The zero-order valence-corrected chi connectivity index (χ0v) is 11.9. The van der Waals surface area contributed by atoms with Gasteiger partial charge < -0.3 is 19.5 Å². The van der Waals surface area contributed by atoms with Crippen LogP contribution in [0.25, 0.3) is 0 Å². The van der Waals surface area contributed by atoms with E-state index in [-0.39, 0.29) is 5.69 Å². The van der Waals surface area contributed by atoms with E-state index in [9.17, 15) is 4.79 Å². The van der Waals surface area contributed by atoms with Gasteiger partial charge in [-0.2, -0.15) is 0 Å². The first kappa shape index (κ1) is 14.6. The molecule has 1 aromatic heterocycles. The molecule has 0 fully saturated rings. The summed E-state index contributed by atoms with van der Waals surface area (Å²) in [7, 11) is 4.43. The summed E-state index contributed by atoms with van der Waals surface area (Å²) < 4.78 is 15.0. The molecule has 1 N–H and O–H groups in total. The third kappa shape index (κ3) is 3.38. The molecule has 0 bridgehead atoms. The van der Waals surface area contributed by atoms with Crippen LogP contribution in [0.1, 0.15) is 10.5 Å². The molecule has 1 heterocycles. The summed E-state index contributed by atoms with van der Waals surface area (Å²) in [6.07, 6.45) is 2.78. The Morgan fingerprint density at radius 1 is 1.10 bits per heavy atom. The van der Waals surface area contributed by atoms with Crippen LogP contribution in [-0.2, 0) is 4.74 Å². The third-order valence-corrected chi connectivity index (χ3v) is 2.72. The lowest BCUT2D eigenvalue weighted by molar-refractivity contribution is 0.0593. The van der Waals surface area contributed by atoms with Crippen LogP contribution >= 0.6 is 0 Å². The minimum Gasteiger partial charge on any atom is -0.497 e. The minimum atomic E-state index is -0.531. The highest BCUT2D eigenvalue weighted by Gasteiger charge is 2.09. The van der Waals surface area contributed by atoms with E-state index in [4.69, 9.17) is 9.47 Å². The fourth-order valence-electron chi connectivity index (χ4n) is 1.64. The van der Waals surface area contributed by atoms with Gasteiger partial charge in [0.2, 0.25) is 0 Å². The molecule has 0 aliphatic carbocycles. The number of methoxy groups -OCH3 is 3. The number of nitrogens with zero attached hydrogens (tertiary/aromatic N) is 2. The Labute approximate surface area is 121 Å². The van der Waals surface area contributed by atoms with Gasteiger partial charge in [-0.25, -0.2) is 14.8 Å². The van der Waals surface area contributed by atoms with Crippen molar-refractivity contribution in [1.82, 2.24) is 9.97 Å². The summed E-state index contributed by atoms with van der Waals surface area (Å²) in [4.78, 5) is 19.3. The van der Waals surface area contributed by atoms with Gasteiger partial charge >= 0.3 is 5.97 Å². The minimum absolute atomic E-state index is 0.143. The van der Waals surface area contributed by atoms with E-state index in [2.05, 4.69) is 20.0 Å². The van der Waals surface area contributed by atoms with Crippen LogP contribution in [0.2, 0.25) is 0 Å². The summed E-state index contributed by atoms with van der Waals surface area (Å²) in [6.45, 7) is 0. The van der Waals surface area contributed by atoms with Crippen molar-refractivity contribution in [3.05, 3.63) is 36.3 Å². The number of anilines is 2. The largest absolute Gasteiger partial charge is 0.497 e. The SMILES string of the molecule is COC(=O)c1cnc(Nc2ccc(OC)cc2OC)cn1. The van der Waals surface area contributed by atoms with Crippen molar-refractivity contribution in [2.45, 2.75) is 0 Å². The molecule has 0 atom stereocenters. The topological polar surface area (TPSA) is 82.6 Å². The quantitative estimate of drug-likeness (QED) is 0.843. The van der Waals surface area contributed by atoms with E-state index >= 15 is 0 Å². The Balaban J connectivity index is 2.20. The third-order valence-electron chi connectivity index (χ3n) is 2.72. The number of rotatable bonds is 5. The molecule has 0 aliphatic rings. The van der Waals surface area contributed by atoms with Crippen molar-refractivity contribution in [1.29, 1.82) is 0 Å². The van der Waals surface area contributed by atoms with Crippen LogP contribution in [0.15, 0.2) is 30.6 Å². The molecule has 1 aromatic carbocycles. The molecule has 0 saturated carbocycles. The van der Waals surface area contributed by atoms with Gasteiger partial charge in [-0.05, 0) is 12.1 Å². The first-order valence-electron chi connectivity index (χ1n) is 6.07. The molecule has 0 unspecified atom stereocenters. The number of nitrogens with one attached hydrogen (secondary N) is 1. The Hall–Kier alpha value is -2.83. The maximum atomic E-state index is 11.3. The smallest absolute Gasteiger partial charge is 0.358 e. The number of carbonyl (C=O) groups excluding carboxylic acids is 1. The summed E-state index contributed by atoms with van der Waals surface area (Å²) in [5.74, 6) is 1.24. The molecule has 0 saturated heterocycles. The van der Waals surface area contributed by atoms with Gasteiger partial charge in [0, 0.05) is 6.07 Å². The molecular weight excluding hydrogens is 274 g/mol. The standard InChI is InChI=1S/C14H15N3O4/c1-19-9-4-5-10(12(6-9)20-2)17-13-8-15-11(7-16-13)14(18)21-3/h4-8H,1-3H3,(H,16,17). The van der Waals surface area contributed by atoms with Gasteiger partial charge in [0.1, 0.15) is 17.3 Å². The van der Waals surface area contributed by atoms with Gasteiger partial charge in [0.25, 0.3) is 0 Å². The van der Waals surface area contributed by atoms with Crippen LogP contribution in [-0.4, -0.2) is 37.3 Å². The number of hydrogen-bond donors (Lipinski definition) is 1. The molecule has 0 radical (unpaired) electrons. The van der Waals surface area contributed by atoms with Crippen LogP contribution in [0.4, 0.5) is 11.5 Å². The average Bonchev–Trinajstić information content (AvgIpc) is 2.55. The number of esters is 1.